The van der Waals surface area contributed by atoms with Gasteiger partial charge in [0.2, 0.25) is 10.4 Å². The standard InChI is InChI=1S/B2H4O8.K.2Na.H2O5S/c3-1(4)7-9-2(5,6)10-8-1;;;;1-5-6(2,3)4/h3-6H;;;;1H,(H,2,3,4)/q-2;3*+1;/p-1. The van der Waals surface area contributed by atoms with Crippen molar-refractivity contribution in [2.45, 2.75) is 0 Å². The molecule has 0 aromatic heterocycles. The van der Waals surface area contributed by atoms with Crippen LogP contribution in [0, 0.1) is 0 Å². The van der Waals surface area contributed by atoms with Crippen molar-refractivity contribution < 1.29 is 172 Å². The van der Waals surface area contributed by atoms with E-state index in [9.17, 15) is 0 Å². The molecule has 1 heterocycles. The normalized spacial score (nSPS) is 19.5. The predicted octanol–water partition coefficient (Wildman–Crippen LogP) is -13.3. The maximum absolute atomic E-state index is 8.97. The third-order valence-corrected chi connectivity index (χ3v) is 0.886. The average molecular weight is 352 g/mol. The van der Waals surface area contributed by atoms with Crippen molar-refractivity contribution in [3.05, 3.63) is 0 Å². The average Bonchev–Trinajstić information content (AvgIpc) is 2.11. The van der Waals surface area contributed by atoms with E-state index < -0.39 is 24.3 Å². The van der Waals surface area contributed by atoms with Gasteiger partial charge in [-0.3, -0.25) is 0 Å². The van der Waals surface area contributed by atoms with Crippen molar-refractivity contribution >= 4 is 24.3 Å². The van der Waals surface area contributed by atoms with Gasteiger partial charge in [-0.05, 0) is 0 Å². The van der Waals surface area contributed by atoms with Crippen LogP contribution in [0.2, 0.25) is 0 Å². The van der Waals surface area contributed by atoms with Crippen molar-refractivity contribution in [3.63, 3.8) is 0 Å². The summed E-state index contributed by atoms with van der Waals surface area (Å²) in [5.74, 6) is 0. The second kappa shape index (κ2) is 12.7. The molecule has 19 heavy (non-hydrogen) atoms. The minimum atomic E-state index is -4.86. The Balaban J connectivity index is -0.000000112. The van der Waals surface area contributed by atoms with Gasteiger partial charge in [-0.25, -0.2) is 13.7 Å². The van der Waals surface area contributed by atoms with E-state index in [1.807, 2.05) is 0 Å². The molecule has 0 spiro atoms. The van der Waals surface area contributed by atoms with E-state index in [0.29, 0.717) is 0 Å². The minimum absolute atomic E-state index is 0. The molecule has 0 bridgehead atoms. The van der Waals surface area contributed by atoms with Crippen LogP contribution in [0.15, 0.2) is 0 Å². The third kappa shape index (κ3) is 19.2. The molecule has 1 aliphatic rings. The van der Waals surface area contributed by atoms with E-state index in [2.05, 4.69) is 23.6 Å². The molecular formula is H5B2KNa2O13S. The summed E-state index contributed by atoms with van der Waals surface area (Å²) < 4.78 is 29.3. The van der Waals surface area contributed by atoms with Crippen molar-refractivity contribution in [3.8, 4) is 0 Å². The van der Waals surface area contributed by atoms with E-state index in [4.69, 9.17) is 38.3 Å². The van der Waals surface area contributed by atoms with Crippen molar-refractivity contribution in [1.29, 1.82) is 0 Å². The maximum Gasteiger partial charge on any atom is 1.00 e. The summed E-state index contributed by atoms with van der Waals surface area (Å²) in [5, 5.41) is 40.3. The summed E-state index contributed by atoms with van der Waals surface area (Å²) in [7, 11) is -4.86. The van der Waals surface area contributed by atoms with Crippen molar-refractivity contribution in [2.75, 3.05) is 0 Å². The van der Waals surface area contributed by atoms with Crippen LogP contribution in [0.3, 0.4) is 0 Å². The first-order valence-electron chi connectivity index (χ1n) is 3.16. The molecule has 0 atom stereocenters. The van der Waals surface area contributed by atoms with E-state index in [-0.39, 0.29) is 110 Å². The molecule has 1 fully saturated rings. The molecule has 1 saturated heterocycles. The van der Waals surface area contributed by atoms with Gasteiger partial charge < -0.3 is 43.9 Å². The Morgan fingerprint density at radius 3 is 1.16 bits per heavy atom. The second-order valence-corrected chi connectivity index (χ2v) is 3.10. The molecule has 0 saturated carbocycles. The Labute approximate surface area is 193 Å². The summed E-state index contributed by atoms with van der Waals surface area (Å²) in [6.45, 7) is -7.41. The van der Waals surface area contributed by atoms with Crippen LogP contribution in [-0.4, -0.2) is 52.2 Å². The molecule has 19 heteroatoms. The molecule has 98 valence electrons. The van der Waals surface area contributed by atoms with E-state index >= 15 is 0 Å². The minimum Gasteiger partial charge on any atom is -0.724 e. The first kappa shape index (κ1) is 30.2. The van der Waals surface area contributed by atoms with Gasteiger partial charge in [-0.1, -0.05) is 0 Å². The summed E-state index contributed by atoms with van der Waals surface area (Å²) in [5.41, 5.74) is 0. The Hall–Kier alpha value is 3.28. The number of hydrogen-bond acceptors (Lipinski definition) is 13. The van der Waals surface area contributed by atoms with Crippen LogP contribution in [0.1, 0.15) is 0 Å². The van der Waals surface area contributed by atoms with Crippen LogP contribution in [0.25, 0.3) is 0 Å². The molecule has 0 aromatic carbocycles. The Morgan fingerprint density at radius 1 is 0.895 bits per heavy atom. The van der Waals surface area contributed by atoms with Crippen LogP contribution in [-0.2, 0) is 34.0 Å². The van der Waals surface area contributed by atoms with Crippen LogP contribution < -0.4 is 110 Å². The Bertz CT molecular complexity index is 287. The van der Waals surface area contributed by atoms with Gasteiger partial charge in [0.05, 0.1) is 0 Å². The monoisotopic (exact) mass is 352 g/mol. The zero-order valence-corrected chi connectivity index (χ0v) is 18.0. The Morgan fingerprint density at radius 2 is 1.05 bits per heavy atom. The largest absolute Gasteiger partial charge is 1.00 e. The summed E-state index contributed by atoms with van der Waals surface area (Å²) in [6.07, 6.45) is 0. The molecule has 13 nitrogen and oxygen atoms in total. The SMILES string of the molecule is O=S(=O)([O-])OO.O[B-]1(O)OO[B-](O)(O)OO1.[K+].[Na+].[Na+]. The first-order valence-corrected chi connectivity index (χ1v) is 4.49. The summed E-state index contributed by atoms with van der Waals surface area (Å²) in [6, 6.07) is 0. The quantitative estimate of drug-likeness (QED) is 0.0978. The Kier molecular flexibility index (Phi) is 20.1. The molecular weight excluding hydrogens is 347 g/mol. The van der Waals surface area contributed by atoms with Crippen molar-refractivity contribution in [2.24, 2.45) is 0 Å². The van der Waals surface area contributed by atoms with Gasteiger partial charge in [0.25, 0.3) is 0 Å². The third-order valence-electron chi connectivity index (χ3n) is 0.704. The topological polar surface area (TPSA) is 204 Å². The van der Waals surface area contributed by atoms with Gasteiger partial charge in [0.1, 0.15) is 0 Å². The van der Waals surface area contributed by atoms with Crippen LogP contribution in [0.5, 0.6) is 0 Å². The first-order chi connectivity index (χ1) is 6.97. The predicted molar refractivity (Wildman–Crippen MR) is 38.1 cm³/mol. The van der Waals surface area contributed by atoms with Crippen LogP contribution >= 0.6 is 0 Å². The van der Waals surface area contributed by atoms with Gasteiger partial charge in [0, 0.05) is 0 Å². The molecule has 1 aliphatic heterocycles. The fourth-order valence-electron chi connectivity index (χ4n) is 0.322. The molecule has 5 N–H and O–H groups in total. The maximum atomic E-state index is 8.97. The fourth-order valence-corrected chi connectivity index (χ4v) is 0.322. The van der Waals surface area contributed by atoms with E-state index in [0.717, 1.165) is 0 Å². The molecule has 0 aromatic rings. The van der Waals surface area contributed by atoms with Gasteiger partial charge in [-0.2, -0.15) is 0 Å². The van der Waals surface area contributed by atoms with Crippen LogP contribution in [0.4, 0.5) is 0 Å². The fraction of sp³-hybridized carbons (Fsp3) is 0. The zero-order chi connectivity index (χ0) is 13.0. The smallest absolute Gasteiger partial charge is 0.724 e. The van der Waals surface area contributed by atoms with Gasteiger partial charge >= 0.3 is 124 Å². The molecule has 0 unspecified atom stereocenters. The zero-order valence-electron chi connectivity index (χ0n) is 10.1. The van der Waals surface area contributed by atoms with Crippen molar-refractivity contribution in [1.82, 2.24) is 0 Å². The van der Waals surface area contributed by atoms with Gasteiger partial charge in [-0.15, -0.1) is 4.33 Å². The second-order valence-electron chi connectivity index (χ2n) is 2.13. The molecule has 0 aliphatic carbocycles. The van der Waals surface area contributed by atoms with Gasteiger partial charge in [0.15, 0.2) is 0 Å². The molecule has 0 amide bonds. The summed E-state index contributed by atoms with van der Waals surface area (Å²) >= 11 is 0. The number of hydrogen-bond donors (Lipinski definition) is 5. The summed E-state index contributed by atoms with van der Waals surface area (Å²) in [4.78, 5) is 14.1. The van der Waals surface area contributed by atoms with E-state index in [1.165, 1.54) is 0 Å². The van der Waals surface area contributed by atoms with E-state index in [1.54, 1.807) is 0 Å². The molecule has 1 rings (SSSR count). The number of rotatable bonds is 1. The molecule has 0 radical (unpaired) electrons.